The number of aromatic nitrogens is 2. The van der Waals surface area contributed by atoms with Crippen molar-refractivity contribution in [2.45, 2.75) is 51.5 Å². The highest BCUT2D eigenvalue weighted by atomic mass is 16.6. The lowest BCUT2D eigenvalue weighted by atomic mass is 9.86. The molecule has 5 rings (SSSR count). The smallest absolute Gasteiger partial charge is 0.343 e. The van der Waals surface area contributed by atoms with Crippen molar-refractivity contribution in [2.24, 2.45) is 5.73 Å². The van der Waals surface area contributed by atoms with E-state index in [-0.39, 0.29) is 24.6 Å². The SMILES string of the molecule is CC[C@H](N)c1c2c(nc3ccccc13)-c1cc3c(c(=O)n1C2)COC(=O)[C@]3(O)CC. The summed E-state index contributed by atoms with van der Waals surface area (Å²) in [5.74, 6) is -0.722. The van der Waals surface area contributed by atoms with Gasteiger partial charge in [-0.25, -0.2) is 9.78 Å². The molecule has 0 spiro atoms. The first-order chi connectivity index (χ1) is 14.4. The summed E-state index contributed by atoms with van der Waals surface area (Å²) in [7, 11) is 0. The van der Waals surface area contributed by atoms with Crippen LogP contribution in [0.5, 0.6) is 0 Å². The molecule has 0 amide bonds. The van der Waals surface area contributed by atoms with Gasteiger partial charge in [0.15, 0.2) is 5.60 Å². The molecule has 2 aliphatic heterocycles. The molecule has 2 atom stereocenters. The Morgan fingerprint density at radius 3 is 2.77 bits per heavy atom. The summed E-state index contributed by atoms with van der Waals surface area (Å²) >= 11 is 0. The summed E-state index contributed by atoms with van der Waals surface area (Å²) in [6, 6.07) is 9.36. The monoisotopic (exact) mass is 405 g/mol. The Morgan fingerprint density at radius 2 is 2.03 bits per heavy atom. The van der Waals surface area contributed by atoms with Gasteiger partial charge in [0, 0.05) is 22.6 Å². The van der Waals surface area contributed by atoms with E-state index in [1.807, 2.05) is 31.2 Å². The molecular weight excluding hydrogens is 382 g/mol. The lowest BCUT2D eigenvalue weighted by molar-refractivity contribution is -0.172. The van der Waals surface area contributed by atoms with Gasteiger partial charge in [0.25, 0.3) is 5.56 Å². The van der Waals surface area contributed by atoms with Crippen molar-refractivity contribution in [3.63, 3.8) is 0 Å². The third-order valence-corrected chi connectivity index (χ3v) is 6.45. The number of aliphatic hydroxyl groups is 1. The van der Waals surface area contributed by atoms with Crippen molar-refractivity contribution in [2.75, 3.05) is 0 Å². The first-order valence-electron chi connectivity index (χ1n) is 10.2. The Balaban J connectivity index is 1.84. The van der Waals surface area contributed by atoms with Crippen molar-refractivity contribution in [1.29, 1.82) is 0 Å². The number of hydrogen-bond acceptors (Lipinski definition) is 6. The number of para-hydroxylation sites is 1. The molecule has 7 heteroatoms. The lowest BCUT2D eigenvalue weighted by Crippen LogP contribution is -2.44. The fraction of sp³-hybridized carbons (Fsp3) is 0.348. The number of carbonyl (C=O) groups is 1. The van der Waals surface area contributed by atoms with E-state index in [4.69, 9.17) is 15.5 Å². The number of nitrogens with zero attached hydrogens (tertiary/aromatic N) is 2. The first kappa shape index (κ1) is 19.0. The van der Waals surface area contributed by atoms with Crippen LogP contribution in [0.4, 0.5) is 0 Å². The number of fused-ring (bicyclic) bond motifs is 5. The van der Waals surface area contributed by atoms with E-state index < -0.39 is 11.6 Å². The molecule has 0 saturated carbocycles. The molecule has 0 radical (unpaired) electrons. The number of carbonyl (C=O) groups excluding carboxylic acids is 1. The van der Waals surface area contributed by atoms with Gasteiger partial charge in [-0.2, -0.15) is 0 Å². The molecule has 30 heavy (non-hydrogen) atoms. The molecule has 0 fully saturated rings. The van der Waals surface area contributed by atoms with E-state index in [1.165, 1.54) is 0 Å². The van der Waals surface area contributed by atoms with Crippen LogP contribution in [-0.4, -0.2) is 20.6 Å². The Kier molecular flexibility index (Phi) is 4.10. The van der Waals surface area contributed by atoms with E-state index in [2.05, 4.69) is 0 Å². The number of ether oxygens (including phenoxy) is 1. The molecule has 0 unspecified atom stereocenters. The van der Waals surface area contributed by atoms with Crippen LogP contribution >= 0.6 is 0 Å². The number of cyclic esters (lactones) is 1. The molecule has 7 nitrogen and oxygen atoms in total. The molecule has 4 heterocycles. The third-order valence-electron chi connectivity index (χ3n) is 6.45. The van der Waals surface area contributed by atoms with Gasteiger partial charge >= 0.3 is 5.97 Å². The Labute approximate surface area is 173 Å². The predicted molar refractivity (Wildman–Crippen MR) is 112 cm³/mol. The highest BCUT2D eigenvalue weighted by Gasteiger charge is 2.45. The van der Waals surface area contributed by atoms with Crippen LogP contribution in [0.15, 0.2) is 35.1 Å². The minimum Gasteiger partial charge on any atom is -0.458 e. The van der Waals surface area contributed by atoms with Crippen LogP contribution in [-0.2, 0) is 28.3 Å². The second-order valence-corrected chi connectivity index (χ2v) is 7.99. The fourth-order valence-electron chi connectivity index (χ4n) is 4.69. The zero-order valence-electron chi connectivity index (χ0n) is 16.9. The lowest BCUT2D eigenvalue weighted by Gasteiger charge is -2.31. The van der Waals surface area contributed by atoms with Gasteiger partial charge in [0.1, 0.15) is 6.61 Å². The molecular formula is C23H23N3O4. The second-order valence-electron chi connectivity index (χ2n) is 7.99. The topological polar surface area (TPSA) is 107 Å². The molecule has 0 bridgehead atoms. The zero-order chi connectivity index (χ0) is 21.2. The second kappa shape index (κ2) is 6.48. The van der Waals surface area contributed by atoms with E-state index in [1.54, 1.807) is 17.6 Å². The first-order valence-corrected chi connectivity index (χ1v) is 10.2. The van der Waals surface area contributed by atoms with Crippen LogP contribution in [0.2, 0.25) is 0 Å². The van der Waals surface area contributed by atoms with Crippen LogP contribution in [0.3, 0.4) is 0 Å². The molecule has 3 aromatic rings. The number of rotatable bonds is 3. The highest BCUT2D eigenvalue weighted by molar-refractivity contribution is 5.89. The van der Waals surface area contributed by atoms with Crippen molar-refractivity contribution in [3.05, 3.63) is 62.9 Å². The molecule has 154 valence electrons. The van der Waals surface area contributed by atoms with Crippen molar-refractivity contribution >= 4 is 16.9 Å². The van der Waals surface area contributed by atoms with Crippen molar-refractivity contribution in [3.8, 4) is 11.4 Å². The summed E-state index contributed by atoms with van der Waals surface area (Å²) in [6.45, 7) is 3.95. The normalized spacial score (nSPS) is 20.5. The van der Waals surface area contributed by atoms with E-state index in [0.717, 1.165) is 28.5 Å². The molecule has 0 saturated heterocycles. The van der Waals surface area contributed by atoms with Crippen molar-refractivity contribution in [1.82, 2.24) is 9.55 Å². The standard InChI is InChI=1S/C23H23N3O4/c1-3-16(24)19-12-7-5-6-8-17(12)25-20-13(19)10-26-18(20)9-15-14(21(26)27)11-30-22(28)23(15,29)4-2/h5-9,16,29H,3-4,10-11,24H2,1-2H3/t16-,23-/m0/s1. The number of hydrogen-bond donors (Lipinski definition) is 2. The summed E-state index contributed by atoms with van der Waals surface area (Å²) in [5.41, 5.74) is 9.06. The van der Waals surface area contributed by atoms with Crippen molar-refractivity contribution < 1.29 is 14.6 Å². The van der Waals surface area contributed by atoms with Gasteiger partial charge in [0.05, 0.1) is 29.0 Å². The third kappa shape index (κ3) is 2.36. The van der Waals surface area contributed by atoms with Gasteiger partial charge in [-0.15, -0.1) is 0 Å². The highest BCUT2D eigenvalue weighted by Crippen LogP contribution is 2.41. The van der Waals surface area contributed by atoms with Crippen LogP contribution in [0.25, 0.3) is 22.3 Å². The maximum atomic E-state index is 13.3. The van der Waals surface area contributed by atoms with Gasteiger partial charge in [-0.1, -0.05) is 32.0 Å². The molecule has 3 N–H and O–H groups in total. The summed E-state index contributed by atoms with van der Waals surface area (Å²) in [6.07, 6.45) is 0.867. The maximum Gasteiger partial charge on any atom is 0.343 e. The van der Waals surface area contributed by atoms with E-state index in [0.29, 0.717) is 29.1 Å². The van der Waals surface area contributed by atoms with Crippen LogP contribution in [0, 0.1) is 0 Å². The number of benzene rings is 1. The average molecular weight is 405 g/mol. The Hall–Kier alpha value is -3.03. The van der Waals surface area contributed by atoms with Gasteiger partial charge in [0.2, 0.25) is 0 Å². The maximum absolute atomic E-state index is 13.3. The average Bonchev–Trinajstić information content (AvgIpc) is 3.13. The predicted octanol–water partition coefficient (Wildman–Crippen LogP) is 2.49. The quantitative estimate of drug-likeness (QED) is 0.507. The van der Waals surface area contributed by atoms with Crippen LogP contribution < -0.4 is 11.3 Å². The summed E-state index contributed by atoms with van der Waals surface area (Å²) in [5, 5.41) is 12.0. The largest absolute Gasteiger partial charge is 0.458 e. The summed E-state index contributed by atoms with van der Waals surface area (Å²) < 4.78 is 6.78. The minimum atomic E-state index is -1.83. The number of esters is 1. The zero-order valence-corrected chi connectivity index (χ0v) is 16.9. The molecule has 0 aliphatic carbocycles. The van der Waals surface area contributed by atoms with E-state index >= 15 is 0 Å². The molecule has 1 aromatic carbocycles. The minimum absolute atomic E-state index is 0.117. The fourth-order valence-corrected chi connectivity index (χ4v) is 4.69. The molecule has 2 aromatic heterocycles. The van der Waals surface area contributed by atoms with Gasteiger partial charge < -0.3 is 20.1 Å². The number of nitrogens with two attached hydrogens (primary N) is 1. The Bertz CT molecular complexity index is 1280. The van der Waals surface area contributed by atoms with E-state index in [9.17, 15) is 14.7 Å². The Morgan fingerprint density at radius 1 is 1.27 bits per heavy atom. The summed E-state index contributed by atoms with van der Waals surface area (Å²) in [4.78, 5) is 30.5. The van der Waals surface area contributed by atoms with Gasteiger partial charge in [-0.05, 0) is 30.5 Å². The van der Waals surface area contributed by atoms with Crippen LogP contribution in [0.1, 0.15) is 55.0 Å². The molecule has 2 aliphatic rings. The number of pyridine rings is 2. The van der Waals surface area contributed by atoms with Gasteiger partial charge in [-0.3, -0.25) is 4.79 Å².